The number of aromatic nitrogens is 2. The topological polar surface area (TPSA) is 36.3 Å². The Morgan fingerprint density at radius 1 is 1.00 bits per heavy atom. The van der Waals surface area contributed by atoms with E-state index in [1.54, 1.807) is 7.11 Å². The van der Waals surface area contributed by atoms with E-state index >= 15 is 0 Å². The summed E-state index contributed by atoms with van der Waals surface area (Å²) in [5.74, 6) is 2.94. The number of aryl methyl sites for hydroxylation is 2. The van der Waals surface area contributed by atoms with Crippen LogP contribution in [0.4, 0.5) is 0 Å². The van der Waals surface area contributed by atoms with Gasteiger partial charge in [-0.15, -0.1) is 0 Å². The van der Waals surface area contributed by atoms with Gasteiger partial charge in [-0.05, 0) is 37.1 Å². The van der Waals surface area contributed by atoms with Crippen LogP contribution in [-0.2, 0) is 13.0 Å². The third kappa shape index (κ3) is 3.70. The smallest absolute Gasteiger partial charge is 0.121 e. The van der Waals surface area contributed by atoms with Gasteiger partial charge in [0.25, 0.3) is 0 Å². The van der Waals surface area contributed by atoms with E-state index in [0.717, 1.165) is 60.8 Å². The van der Waals surface area contributed by atoms with Crippen molar-refractivity contribution in [3.05, 3.63) is 54.4 Å². The molecule has 0 saturated heterocycles. The first-order chi connectivity index (χ1) is 11.8. The molecule has 2 aromatic carbocycles. The number of methoxy groups -OCH3 is 1. The molecule has 3 rings (SSSR count). The van der Waals surface area contributed by atoms with Crippen LogP contribution in [0.15, 0.2) is 48.5 Å². The molecule has 0 amide bonds. The molecule has 1 aromatic heterocycles. The van der Waals surface area contributed by atoms with E-state index in [4.69, 9.17) is 14.5 Å². The molecule has 0 spiro atoms. The molecule has 24 heavy (non-hydrogen) atoms. The molecule has 0 saturated carbocycles. The fourth-order valence-electron chi connectivity index (χ4n) is 2.88. The Hall–Kier alpha value is -2.49. The van der Waals surface area contributed by atoms with E-state index in [0.29, 0.717) is 0 Å². The Morgan fingerprint density at radius 2 is 1.83 bits per heavy atom. The van der Waals surface area contributed by atoms with Crippen molar-refractivity contribution in [1.82, 2.24) is 9.55 Å². The Bertz CT molecular complexity index is 781. The summed E-state index contributed by atoms with van der Waals surface area (Å²) in [5.41, 5.74) is 2.18. The summed E-state index contributed by atoms with van der Waals surface area (Å²) < 4.78 is 13.4. The number of ether oxygens (including phenoxy) is 2. The fraction of sp³-hybridized carbons (Fsp3) is 0.350. The predicted octanol–water partition coefficient (Wildman–Crippen LogP) is 4.47. The van der Waals surface area contributed by atoms with Crippen molar-refractivity contribution in [2.45, 2.75) is 32.7 Å². The van der Waals surface area contributed by atoms with Crippen LogP contribution in [0.5, 0.6) is 11.5 Å². The van der Waals surface area contributed by atoms with Crippen molar-refractivity contribution in [3.63, 3.8) is 0 Å². The number of imidazole rings is 1. The SMILES string of the molecule is CCc1nc2ccc(OC)cc2n1CCCCOc1ccccc1. The number of rotatable bonds is 8. The maximum absolute atomic E-state index is 5.76. The summed E-state index contributed by atoms with van der Waals surface area (Å²) >= 11 is 0. The molecule has 0 atom stereocenters. The first-order valence-corrected chi connectivity index (χ1v) is 8.53. The van der Waals surface area contributed by atoms with Gasteiger partial charge >= 0.3 is 0 Å². The highest BCUT2D eigenvalue weighted by Gasteiger charge is 2.10. The van der Waals surface area contributed by atoms with E-state index in [1.165, 1.54) is 0 Å². The number of benzene rings is 2. The summed E-state index contributed by atoms with van der Waals surface area (Å²) in [4.78, 5) is 4.73. The molecular weight excluding hydrogens is 300 g/mol. The summed E-state index contributed by atoms with van der Waals surface area (Å²) in [7, 11) is 1.70. The lowest BCUT2D eigenvalue weighted by molar-refractivity contribution is 0.303. The Balaban J connectivity index is 1.61. The molecule has 1 heterocycles. The van der Waals surface area contributed by atoms with Gasteiger partial charge in [-0.25, -0.2) is 4.98 Å². The average Bonchev–Trinajstić information content (AvgIpc) is 2.99. The normalized spacial score (nSPS) is 10.9. The molecular formula is C20H24N2O2. The second kappa shape index (κ2) is 7.86. The standard InChI is InChI=1S/C20H24N2O2/c1-3-20-21-18-12-11-17(23-2)15-19(18)22(20)13-7-8-14-24-16-9-5-4-6-10-16/h4-6,9-12,15H,3,7-8,13-14H2,1-2H3. The Kier molecular flexibility index (Phi) is 5.36. The third-order valence-electron chi connectivity index (χ3n) is 4.14. The summed E-state index contributed by atoms with van der Waals surface area (Å²) in [6.07, 6.45) is 3.00. The number of nitrogens with zero attached hydrogens (tertiary/aromatic N) is 2. The molecule has 0 aliphatic rings. The van der Waals surface area contributed by atoms with Crippen LogP contribution in [0.1, 0.15) is 25.6 Å². The van der Waals surface area contributed by atoms with E-state index in [9.17, 15) is 0 Å². The van der Waals surface area contributed by atoms with Crippen LogP contribution >= 0.6 is 0 Å². The molecule has 0 aliphatic heterocycles. The van der Waals surface area contributed by atoms with Crippen LogP contribution < -0.4 is 9.47 Å². The summed E-state index contributed by atoms with van der Waals surface area (Å²) in [6.45, 7) is 3.83. The Morgan fingerprint density at radius 3 is 2.58 bits per heavy atom. The van der Waals surface area contributed by atoms with Crippen LogP contribution in [-0.4, -0.2) is 23.3 Å². The van der Waals surface area contributed by atoms with Gasteiger partial charge in [0.05, 0.1) is 24.8 Å². The number of unbranched alkanes of at least 4 members (excludes halogenated alkanes) is 1. The van der Waals surface area contributed by atoms with Crippen LogP contribution in [0.2, 0.25) is 0 Å². The highest BCUT2D eigenvalue weighted by atomic mass is 16.5. The van der Waals surface area contributed by atoms with Gasteiger partial charge < -0.3 is 14.0 Å². The van der Waals surface area contributed by atoms with Crippen molar-refractivity contribution < 1.29 is 9.47 Å². The zero-order chi connectivity index (χ0) is 16.8. The number of hydrogen-bond donors (Lipinski definition) is 0. The van der Waals surface area contributed by atoms with E-state index in [-0.39, 0.29) is 0 Å². The van der Waals surface area contributed by atoms with Gasteiger partial charge in [0.2, 0.25) is 0 Å². The zero-order valence-electron chi connectivity index (χ0n) is 14.4. The molecule has 0 fully saturated rings. The van der Waals surface area contributed by atoms with Gasteiger partial charge in [0.1, 0.15) is 17.3 Å². The molecule has 4 nitrogen and oxygen atoms in total. The second-order valence-corrected chi connectivity index (χ2v) is 5.76. The van der Waals surface area contributed by atoms with Crippen molar-refractivity contribution in [3.8, 4) is 11.5 Å². The predicted molar refractivity (Wildman–Crippen MR) is 96.8 cm³/mol. The highest BCUT2D eigenvalue weighted by Crippen LogP contribution is 2.23. The largest absolute Gasteiger partial charge is 0.497 e. The molecule has 0 bridgehead atoms. The van der Waals surface area contributed by atoms with E-state index in [2.05, 4.69) is 17.6 Å². The minimum atomic E-state index is 0.738. The van der Waals surface area contributed by atoms with Gasteiger partial charge in [0.15, 0.2) is 0 Å². The van der Waals surface area contributed by atoms with Crippen molar-refractivity contribution in [2.24, 2.45) is 0 Å². The minimum Gasteiger partial charge on any atom is -0.497 e. The van der Waals surface area contributed by atoms with Gasteiger partial charge in [0, 0.05) is 19.0 Å². The number of para-hydroxylation sites is 1. The van der Waals surface area contributed by atoms with Crippen LogP contribution in [0.3, 0.4) is 0 Å². The summed E-state index contributed by atoms with van der Waals surface area (Å²) in [5, 5.41) is 0. The average molecular weight is 324 g/mol. The second-order valence-electron chi connectivity index (χ2n) is 5.76. The highest BCUT2D eigenvalue weighted by molar-refractivity contribution is 5.77. The molecule has 0 radical (unpaired) electrons. The van der Waals surface area contributed by atoms with Crippen molar-refractivity contribution in [1.29, 1.82) is 0 Å². The zero-order valence-corrected chi connectivity index (χ0v) is 14.4. The molecule has 126 valence electrons. The summed E-state index contributed by atoms with van der Waals surface area (Å²) in [6, 6.07) is 16.0. The molecule has 0 aliphatic carbocycles. The maximum Gasteiger partial charge on any atom is 0.121 e. The monoisotopic (exact) mass is 324 g/mol. The first kappa shape index (κ1) is 16.4. The number of hydrogen-bond acceptors (Lipinski definition) is 3. The molecule has 0 N–H and O–H groups in total. The quantitative estimate of drug-likeness (QED) is 0.574. The minimum absolute atomic E-state index is 0.738. The van der Waals surface area contributed by atoms with Crippen molar-refractivity contribution >= 4 is 11.0 Å². The first-order valence-electron chi connectivity index (χ1n) is 8.53. The molecule has 0 unspecified atom stereocenters. The number of fused-ring (bicyclic) bond motifs is 1. The fourth-order valence-corrected chi connectivity index (χ4v) is 2.88. The van der Waals surface area contributed by atoms with Crippen LogP contribution in [0, 0.1) is 0 Å². The lowest BCUT2D eigenvalue weighted by Gasteiger charge is -2.10. The Labute approximate surface area is 143 Å². The van der Waals surface area contributed by atoms with Gasteiger partial charge in [-0.1, -0.05) is 25.1 Å². The lowest BCUT2D eigenvalue weighted by atomic mass is 10.2. The van der Waals surface area contributed by atoms with E-state index in [1.807, 2.05) is 42.5 Å². The lowest BCUT2D eigenvalue weighted by Crippen LogP contribution is -2.05. The van der Waals surface area contributed by atoms with Crippen LogP contribution in [0.25, 0.3) is 11.0 Å². The van der Waals surface area contributed by atoms with Gasteiger partial charge in [-0.3, -0.25) is 0 Å². The van der Waals surface area contributed by atoms with Gasteiger partial charge in [-0.2, -0.15) is 0 Å². The molecule has 3 aromatic rings. The maximum atomic E-state index is 5.76. The molecule has 4 heteroatoms. The third-order valence-corrected chi connectivity index (χ3v) is 4.14. The van der Waals surface area contributed by atoms with E-state index < -0.39 is 0 Å². The van der Waals surface area contributed by atoms with Crippen molar-refractivity contribution in [2.75, 3.05) is 13.7 Å².